The summed E-state index contributed by atoms with van der Waals surface area (Å²) in [5.41, 5.74) is 0. The molecule has 0 aromatic heterocycles. The summed E-state index contributed by atoms with van der Waals surface area (Å²) in [5.74, 6) is 0.0258. The molecule has 0 saturated carbocycles. The van der Waals surface area contributed by atoms with Gasteiger partial charge >= 0.3 is 6.09 Å². The predicted molar refractivity (Wildman–Crippen MR) is 39.8 cm³/mol. The molecule has 0 bridgehead atoms. The first-order chi connectivity index (χ1) is 5.20. The van der Waals surface area contributed by atoms with Crippen LogP contribution in [0.2, 0.25) is 0 Å². The Morgan fingerprint density at radius 3 is 2.73 bits per heavy atom. The molecule has 1 amide bonds. The summed E-state index contributed by atoms with van der Waals surface area (Å²) in [6, 6.07) is 0. The van der Waals surface area contributed by atoms with Gasteiger partial charge in [-0.05, 0) is 6.92 Å². The summed E-state index contributed by atoms with van der Waals surface area (Å²) in [7, 11) is 1.26. The normalized spacial score (nSPS) is 8.55. The van der Waals surface area contributed by atoms with Gasteiger partial charge in [0.25, 0.3) is 0 Å². The highest BCUT2D eigenvalue weighted by Gasteiger charge is 2.00. The summed E-state index contributed by atoms with van der Waals surface area (Å²) >= 11 is 0. The van der Waals surface area contributed by atoms with E-state index in [1.54, 1.807) is 6.92 Å². The fourth-order valence-corrected chi connectivity index (χ4v) is 0.450. The van der Waals surface area contributed by atoms with Crippen LogP contribution in [0.3, 0.4) is 0 Å². The minimum Gasteiger partial charge on any atom is -0.480 e. The number of methoxy groups -OCH3 is 1. The number of nitrogens with one attached hydrogen (secondary N) is 2. The van der Waals surface area contributed by atoms with Crippen molar-refractivity contribution in [1.29, 1.82) is 5.41 Å². The third-order valence-corrected chi connectivity index (χ3v) is 0.897. The summed E-state index contributed by atoms with van der Waals surface area (Å²) in [6.07, 6.45) is -0.561. The Kier molecular flexibility index (Phi) is 4.89. The van der Waals surface area contributed by atoms with Crippen LogP contribution >= 0.6 is 0 Å². The molecule has 0 aliphatic rings. The Morgan fingerprint density at radius 2 is 2.27 bits per heavy atom. The van der Waals surface area contributed by atoms with Crippen LogP contribution in [0.4, 0.5) is 4.79 Å². The molecule has 0 saturated heterocycles. The number of carbonyl (C=O) groups is 1. The van der Waals surface area contributed by atoms with E-state index < -0.39 is 6.09 Å². The molecule has 0 radical (unpaired) electrons. The first-order valence-electron chi connectivity index (χ1n) is 3.22. The molecule has 0 unspecified atom stereocenters. The van der Waals surface area contributed by atoms with E-state index in [2.05, 4.69) is 10.1 Å². The van der Waals surface area contributed by atoms with Gasteiger partial charge in [-0.2, -0.15) is 0 Å². The Hall–Kier alpha value is -1.26. The number of alkyl carbamates (subject to hydrolysis) is 1. The average molecular weight is 160 g/mol. The Bertz CT molecular complexity index is 147. The number of hydrogen-bond donors (Lipinski definition) is 2. The molecule has 5 nitrogen and oxygen atoms in total. The van der Waals surface area contributed by atoms with Gasteiger partial charge in [-0.25, -0.2) is 4.79 Å². The maximum atomic E-state index is 10.4. The number of ether oxygens (including phenoxy) is 2. The largest absolute Gasteiger partial charge is 0.480 e. The number of carbonyl (C=O) groups excluding carboxylic acids is 1. The predicted octanol–water partition coefficient (Wildman–Crippen LogP) is 0.356. The highest BCUT2D eigenvalue weighted by Crippen LogP contribution is 1.77. The fourth-order valence-electron chi connectivity index (χ4n) is 0.450. The van der Waals surface area contributed by atoms with Crippen LogP contribution in [0.5, 0.6) is 0 Å². The molecule has 5 heteroatoms. The van der Waals surface area contributed by atoms with Crippen molar-refractivity contribution in [3.8, 4) is 0 Å². The molecular formula is C6H12N2O3. The lowest BCUT2D eigenvalue weighted by molar-refractivity contribution is 0.171. The van der Waals surface area contributed by atoms with Crippen LogP contribution in [-0.4, -0.2) is 32.3 Å². The van der Waals surface area contributed by atoms with Gasteiger partial charge in [0.2, 0.25) is 5.90 Å². The molecule has 0 fully saturated rings. The van der Waals surface area contributed by atoms with Crippen LogP contribution in [0.25, 0.3) is 0 Å². The second kappa shape index (κ2) is 5.52. The monoisotopic (exact) mass is 160 g/mol. The minimum atomic E-state index is -0.561. The smallest absolute Gasteiger partial charge is 0.407 e. The van der Waals surface area contributed by atoms with E-state index in [0.29, 0.717) is 6.61 Å². The quantitative estimate of drug-likeness (QED) is 0.462. The topological polar surface area (TPSA) is 71.4 Å². The second-order valence-corrected chi connectivity index (χ2v) is 1.70. The van der Waals surface area contributed by atoms with Crippen molar-refractivity contribution < 1.29 is 14.3 Å². The number of hydrogen-bond acceptors (Lipinski definition) is 4. The van der Waals surface area contributed by atoms with Crippen molar-refractivity contribution in [3.63, 3.8) is 0 Å². The molecule has 0 rings (SSSR count). The van der Waals surface area contributed by atoms with Crippen LogP contribution in [0.1, 0.15) is 6.92 Å². The standard InChI is InChI=1S/C6H12N2O3/c1-3-11-5(7)4-8-6(9)10-2/h7H,3-4H2,1-2H3,(H,8,9). The van der Waals surface area contributed by atoms with E-state index in [1.165, 1.54) is 7.11 Å². The molecule has 0 aromatic rings. The lowest BCUT2D eigenvalue weighted by Gasteiger charge is -2.04. The summed E-state index contributed by atoms with van der Waals surface area (Å²) in [5, 5.41) is 9.37. The van der Waals surface area contributed by atoms with Gasteiger partial charge in [0.05, 0.1) is 20.3 Å². The van der Waals surface area contributed by atoms with Crippen molar-refractivity contribution in [1.82, 2.24) is 5.32 Å². The van der Waals surface area contributed by atoms with Crippen molar-refractivity contribution >= 4 is 12.0 Å². The van der Waals surface area contributed by atoms with E-state index in [-0.39, 0.29) is 12.4 Å². The zero-order valence-electron chi connectivity index (χ0n) is 6.64. The lowest BCUT2D eigenvalue weighted by Crippen LogP contribution is -2.29. The van der Waals surface area contributed by atoms with E-state index in [4.69, 9.17) is 10.1 Å². The molecule has 11 heavy (non-hydrogen) atoms. The second-order valence-electron chi connectivity index (χ2n) is 1.70. The zero-order valence-corrected chi connectivity index (χ0v) is 6.64. The van der Waals surface area contributed by atoms with Gasteiger partial charge in [-0.3, -0.25) is 5.41 Å². The van der Waals surface area contributed by atoms with E-state index in [1.807, 2.05) is 0 Å². The van der Waals surface area contributed by atoms with E-state index in [0.717, 1.165) is 0 Å². The molecule has 2 N–H and O–H groups in total. The summed E-state index contributed by atoms with van der Waals surface area (Å²) in [6.45, 7) is 2.27. The summed E-state index contributed by atoms with van der Waals surface area (Å²) in [4.78, 5) is 10.4. The SMILES string of the molecule is CCOC(=N)CNC(=O)OC. The fraction of sp³-hybridized carbons (Fsp3) is 0.667. The number of amides is 1. The molecular weight excluding hydrogens is 148 g/mol. The third kappa shape index (κ3) is 5.20. The molecule has 0 atom stereocenters. The molecule has 0 aromatic carbocycles. The molecule has 0 spiro atoms. The van der Waals surface area contributed by atoms with Crippen LogP contribution in [0.15, 0.2) is 0 Å². The molecule has 0 heterocycles. The van der Waals surface area contributed by atoms with Gasteiger partial charge in [0.15, 0.2) is 0 Å². The van der Waals surface area contributed by atoms with Gasteiger partial charge in [-0.1, -0.05) is 0 Å². The van der Waals surface area contributed by atoms with Crippen LogP contribution < -0.4 is 5.32 Å². The minimum absolute atomic E-state index is 0.0258. The maximum absolute atomic E-state index is 10.4. The zero-order chi connectivity index (χ0) is 8.69. The Morgan fingerprint density at radius 1 is 1.64 bits per heavy atom. The van der Waals surface area contributed by atoms with Crippen molar-refractivity contribution in [3.05, 3.63) is 0 Å². The highest BCUT2D eigenvalue weighted by atomic mass is 16.5. The van der Waals surface area contributed by atoms with Gasteiger partial charge < -0.3 is 14.8 Å². The van der Waals surface area contributed by atoms with Gasteiger partial charge in [-0.15, -0.1) is 0 Å². The first-order valence-corrected chi connectivity index (χ1v) is 3.22. The van der Waals surface area contributed by atoms with E-state index in [9.17, 15) is 4.79 Å². The van der Waals surface area contributed by atoms with Crippen molar-refractivity contribution in [2.75, 3.05) is 20.3 Å². The van der Waals surface area contributed by atoms with Crippen molar-refractivity contribution in [2.45, 2.75) is 6.92 Å². The van der Waals surface area contributed by atoms with Gasteiger partial charge in [0, 0.05) is 0 Å². The molecule has 0 aliphatic carbocycles. The Balaban J connectivity index is 3.38. The highest BCUT2D eigenvalue weighted by molar-refractivity contribution is 5.79. The maximum Gasteiger partial charge on any atom is 0.407 e. The van der Waals surface area contributed by atoms with Gasteiger partial charge in [0.1, 0.15) is 0 Å². The third-order valence-electron chi connectivity index (χ3n) is 0.897. The lowest BCUT2D eigenvalue weighted by atomic mass is 10.6. The number of rotatable bonds is 3. The molecule has 64 valence electrons. The summed E-state index contributed by atoms with van der Waals surface area (Å²) < 4.78 is 9.03. The van der Waals surface area contributed by atoms with Crippen molar-refractivity contribution in [2.24, 2.45) is 0 Å². The average Bonchev–Trinajstić information content (AvgIpc) is 2.01. The molecule has 0 aliphatic heterocycles. The van der Waals surface area contributed by atoms with Crippen LogP contribution in [0, 0.1) is 5.41 Å². The van der Waals surface area contributed by atoms with Crippen LogP contribution in [-0.2, 0) is 9.47 Å². The Labute approximate surface area is 65.2 Å². The first kappa shape index (κ1) is 9.74. The van der Waals surface area contributed by atoms with E-state index >= 15 is 0 Å².